The second-order valence-corrected chi connectivity index (χ2v) is 7.54. The van der Waals surface area contributed by atoms with Crippen LogP contribution in [0.2, 0.25) is 0 Å². The number of rotatable bonds is 8. The Balaban J connectivity index is 1.45. The third-order valence-electron chi connectivity index (χ3n) is 5.49. The summed E-state index contributed by atoms with van der Waals surface area (Å²) in [5.74, 6) is 3.02. The van der Waals surface area contributed by atoms with Crippen LogP contribution in [0.4, 0.5) is 0 Å². The molecule has 0 radical (unpaired) electrons. The average Bonchev–Trinajstić information content (AvgIpc) is 3.40. The quantitative estimate of drug-likeness (QED) is 0.763. The Morgan fingerprint density at radius 1 is 1.30 bits per heavy atom. The molecule has 0 amide bonds. The smallest absolute Gasteiger partial charge is 0.124 e. The molecular weight excluding hydrogens is 340 g/mol. The molecule has 2 aromatic rings. The number of likely N-dealkylation sites (tertiary alicyclic amines) is 1. The molecule has 5 nitrogen and oxygen atoms in total. The first-order chi connectivity index (χ1) is 13.2. The maximum atomic E-state index is 5.94. The molecule has 2 atom stereocenters. The molecule has 1 fully saturated rings. The van der Waals surface area contributed by atoms with Crippen LogP contribution in [0.15, 0.2) is 34.9 Å². The van der Waals surface area contributed by atoms with Gasteiger partial charge in [0.2, 0.25) is 0 Å². The molecule has 1 N–H and O–H groups in total. The molecule has 3 heterocycles. The summed E-state index contributed by atoms with van der Waals surface area (Å²) in [5.41, 5.74) is 2.41. The molecule has 0 saturated carbocycles. The summed E-state index contributed by atoms with van der Waals surface area (Å²) in [7, 11) is 0. The summed E-state index contributed by atoms with van der Waals surface area (Å²) in [6.07, 6.45) is 5.51. The SMILES string of the molecule is CCOc1cc2c(cc1CNCC(c1ccco1)N1CCCC1)OC(C)C2. The van der Waals surface area contributed by atoms with Crippen molar-refractivity contribution in [1.29, 1.82) is 0 Å². The Hall–Kier alpha value is -1.98. The number of nitrogens with one attached hydrogen (secondary N) is 1. The van der Waals surface area contributed by atoms with Crippen LogP contribution in [-0.4, -0.2) is 37.2 Å². The second kappa shape index (κ2) is 8.36. The minimum Gasteiger partial charge on any atom is -0.494 e. The van der Waals surface area contributed by atoms with Crippen molar-refractivity contribution in [3.8, 4) is 11.5 Å². The molecule has 2 aliphatic rings. The van der Waals surface area contributed by atoms with Gasteiger partial charge in [0.25, 0.3) is 0 Å². The van der Waals surface area contributed by atoms with Gasteiger partial charge in [0, 0.05) is 30.6 Å². The Morgan fingerprint density at radius 3 is 2.89 bits per heavy atom. The summed E-state index contributed by atoms with van der Waals surface area (Å²) in [6, 6.07) is 8.65. The van der Waals surface area contributed by atoms with Crippen molar-refractivity contribution in [2.24, 2.45) is 0 Å². The van der Waals surface area contributed by atoms with Crippen molar-refractivity contribution in [2.45, 2.75) is 51.8 Å². The lowest BCUT2D eigenvalue weighted by atomic mass is 10.1. The fourth-order valence-electron chi connectivity index (χ4n) is 4.20. The lowest BCUT2D eigenvalue weighted by molar-refractivity contribution is 0.209. The third kappa shape index (κ3) is 4.14. The first kappa shape index (κ1) is 18.4. The van der Waals surface area contributed by atoms with Crippen molar-refractivity contribution < 1.29 is 13.9 Å². The van der Waals surface area contributed by atoms with Crippen LogP contribution < -0.4 is 14.8 Å². The highest BCUT2D eigenvalue weighted by Crippen LogP contribution is 2.35. The van der Waals surface area contributed by atoms with Crippen molar-refractivity contribution in [1.82, 2.24) is 10.2 Å². The van der Waals surface area contributed by atoms with Gasteiger partial charge in [0.05, 0.1) is 18.9 Å². The standard InChI is InChI=1S/C22H30N2O3/c1-3-25-21-12-17-11-16(2)27-22(17)13-18(21)14-23-15-19(20-7-6-10-26-20)24-8-4-5-9-24/h6-7,10,12-13,16,19,23H,3-5,8-9,11,14-15H2,1-2H3. The number of fused-ring (bicyclic) bond motifs is 1. The van der Waals surface area contributed by atoms with E-state index in [1.54, 1.807) is 6.26 Å². The molecule has 146 valence electrons. The van der Waals surface area contributed by atoms with E-state index in [4.69, 9.17) is 13.9 Å². The lowest BCUT2D eigenvalue weighted by Gasteiger charge is -2.26. The normalized spacial score (nSPS) is 20.4. The second-order valence-electron chi connectivity index (χ2n) is 7.54. The average molecular weight is 370 g/mol. The number of ether oxygens (including phenoxy) is 2. The Labute approximate surface area is 161 Å². The summed E-state index contributed by atoms with van der Waals surface area (Å²) >= 11 is 0. The van der Waals surface area contributed by atoms with E-state index in [0.29, 0.717) is 6.61 Å². The van der Waals surface area contributed by atoms with Crippen molar-refractivity contribution in [3.63, 3.8) is 0 Å². The van der Waals surface area contributed by atoms with Crippen LogP contribution in [0, 0.1) is 0 Å². The predicted molar refractivity (Wildman–Crippen MR) is 105 cm³/mol. The van der Waals surface area contributed by atoms with E-state index >= 15 is 0 Å². The van der Waals surface area contributed by atoms with Gasteiger partial charge in [-0.1, -0.05) is 0 Å². The molecule has 0 aliphatic carbocycles. The number of nitrogens with zero attached hydrogens (tertiary/aromatic N) is 1. The van der Waals surface area contributed by atoms with Gasteiger partial charge in [0.15, 0.2) is 0 Å². The number of furan rings is 1. The van der Waals surface area contributed by atoms with Crippen LogP contribution in [-0.2, 0) is 13.0 Å². The van der Waals surface area contributed by atoms with Gasteiger partial charge in [-0.25, -0.2) is 0 Å². The molecule has 4 rings (SSSR count). The van der Waals surface area contributed by atoms with Gasteiger partial charge in [-0.2, -0.15) is 0 Å². The van der Waals surface area contributed by atoms with E-state index in [2.05, 4.69) is 35.3 Å². The van der Waals surface area contributed by atoms with Crippen molar-refractivity contribution >= 4 is 0 Å². The molecule has 2 unspecified atom stereocenters. The largest absolute Gasteiger partial charge is 0.494 e. The van der Waals surface area contributed by atoms with Gasteiger partial charge in [-0.15, -0.1) is 0 Å². The fourth-order valence-corrected chi connectivity index (χ4v) is 4.20. The van der Waals surface area contributed by atoms with E-state index in [-0.39, 0.29) is 12.1 Å². The van der Waals surface area contributed by atoms with Gasteiger partial charge >= 0.3 is 0 Å². The first-order valence-electron chi connectivity index (χ1n) is 10.2. The van der Waals surface area contributed by atoms with E-state index in [0.717, 1.165) is 55.4 Å². The van der Waals surface area contributed by atoms with Gasteiger partial charge < -0.3 is 19.2 Å². The number of benzene rings is 1. The van der Waals surface area contributed by atoms with Crippen LogP contribution in [0.25, 0.3) is 0 Å². The van der Waals surface area contributed by atoms with E-state index in [9.17, 15) is 0 Å². The number of hydrogen-bond acceptors (Lipinski definition) is 5. The molecule has 1 aromatic heterocycles. The lowest BCUT2D eigenvalue weighted by Crippen LogP contribution is -2.33. The molecule has 1 aromatic carbocycles. The topological polar surface area (TPSA) is 46.9 Å². The Morgan fingerprint density at radius 2 is 2.15 bits per heavy atom. The van der Waals surface area contributed by atoms with E-state index in [1.807, 2.05) is 13.0 Å². The molecule has 1 saturated heterocycles. The molecule has 2 aliphatic heterocycles. The molecule has 5 heteroatoms. The zero-order valence-electron chi connectivity index (χ0n) is 16.4. The third-order valence-corrected chi connectivity index (χ3v) is 5.49. The fraction of sp³-hybridized carbons (Fsp3) is 0.545. The van der Waals surface area contributed by atoms with E-state index < -0.39 is 0 Å². The van der Waals surface area contributed by atoms with Gasteiger partial charge in [-0.05, 0) is 64.0 Å². The zero-order chi connectivity index (χ0) is 18.6. The van der Waals surface area contributed by atoms with Crippen molar-refractivity contribution in [2.75, 3.05) is 26.2 Å². The summed E-state index contributed by atoms with van der Waals surface area (Å²) in [5, 5.41) is 3.63. The van der Waals surface area contributed by atoms with Crippen LogP contribution in [0.3, 0.4) is 0 Å². The summed E-state index contributed by atoms with van der Waals surface area (Å²) in [4.78, 5) is 2.52. The van der Waals surface area contributed by atoms with Gasteiger partial charge in [-0.3, -0.25) is 4.90 Å². The van der Waals surface area contributed by atoms with Crippen LogP contribution in [0.5, 0.6) is 11.5 Å². The van der Waals surface area contributed by atoms with Gasteiger partial charge in [0.1, 0.15) is 23.4 Å². The Kier molecular flexibility index (Phi) is 5.69. The maximum Gasteiger partial charge on any atom is 0.124 e. The highest BCUT2D eigenvalue weighted by Gasteiger charge is 2.26. The molecule has 27 heavy (non-hydrogen) atoms. The summed E-state index contributed by atoms with van der Waals surface area (Å²) in [6.45, 7) is 8.71. The monoisotopic (exact) mass is 370 g/mol. The first-order valence-corrected chi connectivity index (χ1v) is 10.2. The molecule has 0 spiro atoms. The van der Waals surface area contributed by atoms with Crippen LogP contribution in [0.1, 0.15) is 49.6 Å². The number of hydrogen-bond donors (Lipinski definition) is 1. The molecule has 0 bridgehead atoms. The zero-order valence-corrected chi connectivity index (χ0v) is 16.4. The highest BCUT2D eigenvalue weighted by atomic mass is 16.5. The van der Waals surface area contributed by atoms with Crippen LogP contribution >= 0.6 is 0 Å². The predicted octanol–water partition coefficient (Wildman–Crippen LogP) is 3.93. The van der Waals surface area contributed by atoms with E-state index in [1.165, 1.54) is 18.4 Å². The highest BCUT2D eigenvalue weighted by molar-refractivity contribution is 5.48. The minimum absolute atomic E-state index is 0.246. The maximum absolute atomic E-state index is 5.94. The van der Waals surface area contributed by atoms with Crippen molar-refractivity contribution in [3.05, 3.63) is 47.4 Å². The molecular formula is C22H30N2O3. The Bertz CT molecular complexity index is 738. The summed E-state index contributed by atoms with van der Waals surface area (Å²) < 4.78 is 17.6. The minimum atomic E-state index is 0.246.